The van der Waals surface area contributed by atoms with Crippen LogP contribution in [0.3, 0.4) is 0 Å². The molecular weight excluding hydrogens is 150 g/mol. The molecule has 1 saturated heterocycles. The Morgan fingerprint density at radius 2 is 2.33 bits per heavy atom. The van der Waals surface area contributed by atoms with Crippen molar-refractivity contribution in [2.45, 2.75) is 45.7 Å². The minimum absolute atomic E-state index is 0.649. The van der Waals surface area contributed by atoms with Gasteiger partial charge in [0.25, 0.3) is 0 Å². The van der Waals surface area contributed by atoms with Gasteiger partial charge in [-0.3, -0.25) is 0 Å². The van der Waals surface area contributed by atoms with Gasteiger partial charge in [0.1, 0.15) is 0 Å². The first-order valence-electron chi connectivity index (χ1n) is 5.07. The zero-order valence-corrected chi connectivity index (χ0v) is 8.47. The van der Waals surface area contributed by atoms with Gasteiger partial charge in [-0.15, -0.1) is 0 Å². The van der Waals surface area contributed by atoms with Crippen LogP contribution in [-0.2, 0) is 4.74 Å². The van der Waals surface area contributed by atoms with Crippen LogP contribution in [0.15, 0.2) is 0 Å². The van der Waals surface area contributed by atoms with Gasteiger partial charge in [0.2, 0.25) is 0 Å². The largest absolute Gasteiger partial charge is 0.381 e. The van der Waals surface area contributed by atoms with Crippen LogP contribution in [0.5, 0.6) is 0 Å². The minimum Gasteiger partial charge on any atom is -0.381 e. The molecule has 0 amide bonds. The second-order valence-electron chi connectivity index (χ2n) is 3.92. The average molecular weight is 171 g/mol. The number of hydrogen-bond donors (Lipinski definition) is 1. The summed E-state index contributed by atoms with van der Waals surface area (Å²) in [6, 6.07) is 1.32. The molecule has 1 fully saturated rings. The maximum absolute atomic E-state index is 5.39. The number of nitrogens with one attached hydrogen (secondary N) is 1. The molecule has 2 nitrogen and oxygen atoms in total. The smallest absolute Gasteiger partial charge is 0.0506 e. The fourth-order valence-corrected chi connectivity index (χ4v) is 1.61. The van der Waals surface area contributed by atoms with Crippen molar-refractivity contribution >= 4 is 0 Å². The lowest BCUT2D eigenvalue weighted by atomic mass is 9.97. The predicted molar refractivity (Wildman–Crippen MR) is 51.3 cm³/mol. The van der Waals surface area contributed by atoms with Crippen molar-refractivity contribution in [2.24, 2.45) is 5.92 Å². The Kier molecular flexibility index (Phi) is 4.02. The Morgan fingerprint density at radius 1 is 1.58 bits per heavy atom. The van der Waals surface area contributed by atoms with Crippen LogP contribution in [0.2, 0.25) is 0 Å². The summed E-state index contributed by atoms with van der Waals surface area (Å²) in [6.07, 6.45) is 2.38. The van der Waals surface area contributed by atoms with E-state index in [0.717, 1.165) is 13.2 Å². The minimum atomic E-state index is 0.649. The van der Waals surface area contributed by atoms with Crippen molar-refractivity contribution in [3.8, 4) is 0 Å². The molecule has 1 rings (SSSR count). The Labute approximate surface area is 75.7 Å². The molecule has 12 heavy (non-hydrogen) atoms. The van der Waals surface area contributed by atoms with E-state index < -0.39 is 0 Å². The lowest BCUT2D eigenvalue weighted by Crippen LogP contribution is -2.45. The van der Waals surface area contributed by atoms with Gasteiger partial charge in [-0.05, 0) is 25.7 Å². The van der Waals surface area contributed by atoms with Crippen molar-refractivity contribution in [3.63, 3.8) is 0 Å². The van der Waals surface area contributed by atoms with Crippen molar-refractivity contribution < 1.29 is 4.74 Å². The number of ether oxygens (including phenoxy) is 1. The van der Waals surface area contributed by atoms with E-state index in [9.17, 15) is 0 Å². The summed E-state index contributed by atoms with van der Waals surface area (Å²) in [5.74, 6) is 0.674. The van der Waals surface area contributed by atoms with E-state index in [-0.39, 0.29) is 0 Å². The summed E-state index contributed by atoms with van der Waals surface area (Å²) < 4.78 is 5.39. The molecule has 2 heteroatoms. The summed E-state index contributed by atoms with van der Waals surface area (Å²) in [7, 11) is 0. The van der Waals surface area contributed by atoms with Gasteiger partial charge in [-0.25, -0.2) is 0 Å². The van der Waals surface area contributed by atoms with Crippen LogP contribution in [-0.4, -0.2) is 25.3 Å². The summed E-state index contributed by atoms with van der Waals surface area (Å²) in [6.45, 7) is 8.59. The van der Waals surface area contributed by atoms with Crippen LogP contribution in [0.1, 0.15) is 33.6 Å². The summed E-state index contributed by atoms with van der Waals surface area (Å²) in [5.41, 5.74) is 0. The monoisotopic (exact) mass is 171 g/mol. The van der Waals surface area contributed by atoms with Crippen LogP contribution in [0.25, 0.3) is 0 Å². The molecule has 0 radical (unpaired) electrons. The van der Waals surface area contributed by atoms with Crippen LogP contribution >= 0.6 is 0 Å². The molecule has 0 bridgehead atoms. The van der Waals surface area contributed by atoms with E-state index in [4.69, 9.17) is 4.74 Å². The molecular formula is C10H21NO. The number of hydrogen-bond acceptors (Lipinski definition) is 2. The Morgan fingerprint density at radius 3 is 2.92 bits per heavy atom. The van der Waals surface area contributed by atoms with E-state index in [0.29, 0.717) is 18.0 Å². The van der Waals surface area contributed by atoms with Gasteiger partial charge in [0.05, 0.1) is 6.61 Å². The zero-order chi connectivity index (χ0) is 8.97. The van der Waals surface area contributed by atoms with Gasteiger partial charge < -0.3 is 10.1 Å². The molecule has 0 saturated carbocycles. The second kappa shape index (κ2) is 4.83. The fraction of sp³-hybridized carbons (Fsp3) is 1.00. The maximum atomic E-state index is 5.39. The fourth-order valence-electron chi connectivity index (χ4n) is 1.61. The van der Waals surface area contributed by atoms with Crippen molar-refractivity contribution in [1.82, 2.24) is 5.32 Å². The third-order valence-corrected chi connectivity index (χ3v) is 2.75. The lowest BCUT2D eigenvalue weighted by molar-refractivity contribution is 0.0363. The topological polar surface area (TPSA) is 21.3 Å². The van der Waals surface area contributed by atoms with Crippen LogP contribution in [0.4, 0.5) is 0 Å². The van der Waals surface area contributed by atoms with Gasteiger partial charge in [0.15, 0.2) is 0 Å². The highest BCUT2D eigenvalue weighted by molar-refractivity contribution is 4.78. The van der Waals surface area contributed by atoms with E-state index >= 15 is 0 Å². The maximum Gasteiger partial charge on any atom is 0.0506 e. The van der Waals surface area contributed by atoms with Crippen molar-refractivity contribution in [3.05, 3.63) is 0 Å². The summed E-state index contributed by atoms with van der Waals surface area (Å²) in [5, 5.41) is 3.64. The molecule has 1 N–H and O–H groups in total. The zero-order valence-electron chi connectivity index (χ0n) is 8.47. The molecule has 72 valence electrons. The molecule has 1 heterocycles. The predicted octanol–water partition coefficient (Wildman–Crippen LogP) is 1.80. The second-order valence-corrected chi connectivity index (χ2v) is 3.92. The van der Waals surface area contributed by atoms with E-state index in [1.54, 1.807) is 0 Å². The Hall–Kier alpha value is -0.0800. The molecule has 0 aliphatic carbocycles. The first-order valence-corrected chi connectivity index (χ1v) is 5.07. The third-order valence-electron chi connectivity index (χ3n) is 2.75. The van der Waals surface area contributed by atoms with Crippen LogP contribution in [0, 0.1) is 5.92 Å². The highest BCUT2D eigenvalue weighted by Crippen LogP contribution is 2.14. The van der Waals surface area contributed by atoms with Gasteiger partial charge in [0, 0.05) is 18.7 Å². The molecule has 1 aliphatic rings. The molecule has 3 atom stereocenters. The van der Waals surface area contributed by atoms with E-state index in [1.165, 1.54) is 12.8 Å². The first-order chi connectivity index (χ1) is 5.74. The van der Waals surface area contributed by atoms with Gasteiger partial charge in [-0.1, -0.05) is 13.8 Å². The molecule has 0 aromatic carbocycles. The Balaban J connectivity index is 2.28. The van der Waals surface area contributed by atoms with Gasteiger partial charge >= 0.3 is 0 Å². The lowest BCUT2D eigenvalue weighted by Gasteiger charge is -2.31. The van der Waals surface area contributed by atoms with Crippen LogP contribution < -0.4 is 5.32 Å². The normalized spacial score (nSPS) is 33.2. The molecule has 3 unspecified atom stereocenters. The molecule has 1 aliphatic heterocycles. The third kappa shape index (κ3) is 2.76. The molecule has 0 aromatic rings. The number of rotatable bonds is 3. The molecule has 0 spiro atoms. The molecule has 0 aromatic heterocycles. The standard InChI is InChI=1S/C10H21NO/c1-4-9(3)11-10-5-6-12-7-8(10)2/h8-11H,4-7H2,1-3H3. The quantitative estimate of drug-likeness (QED) is 0.699. The first kappa shape index (κ1) is 10.0. The Bertz CT molecular complexity index is 127. The SMILES string of the molecule is CCC(C)NC1CCOCC1C. The van der Waals surface area contributed by atoms with Gasteiger partial charge in [-0.2, -0.15) is 0 Å². The van der Waals surface area contributed by atoms with E-state index in [2.05, 4.69) is 26.1 Å². The average Bonchev–Trinajstić information content (AvgIpc) is 2.09. The van der Waals surface area contributed by atoms with Crippen molar-refractivity contribution in [2.75, 3.05) is 13.2 Å². The highest BCUT2D eigenvalue weighted by atomic mass is 16.5. The van der Waals surface area contributed by atoms with E-state index in [1.807, 2.05) is 0 Å². The van der Waals surface area contributed by atoms with Crippen molar-refractivity contribution in [1.29, 1.82) is 0 Å². The highest BCUT2D eigenvalue weighted by Gasteiger charge is 2.22. The summed E-state index contributed by atoms with van der Waals surface area (Å²) in [4.78, 5) is 0. The summed E-state index contributed by atoms with van der Waals surface area (Å²) >= 11 is 0.